The number of nitrogens with one attached hydrogen (secondary N) is 1. The number of nitro groups is 1. The molecule has 100 valence electrons. The maximum atomic E-state index is 10.8. The van der Waals surface area contributed by atoms with Gasteiger partial charge in [0.15, 0.2) is 0 Å². The Morgan fingerprint density at radius 3 is 2.89 bits per heavy atom. The van der Waals surface area contributed by atoms with Crippen LogP contribution >= 0.6 is 11.6 Å². The van der Waals surface area contributed by atoms with E-state index in [9.17, 15) is 10.1 Å². The summed E-state index contributed by atoms with van der Waals surface area (Å²) in [5.41, 5.74) is 0.346. The molecular weight excluding hydrogens is 256 g/mol. The Balaban J connectivity index is 2.59. The highest BCUT2D eigenvalue weighted by molar-refractivity contribution is 6.33. The van der Waals surface area contributed by atoms with Crippen molar-refractivity contribution in [3.63, 3.8) is 0 Å². The molecule has 0 aliphatic rings. The van der Waals surface area contributed by atoms with Crippen molar-refractivity contribution in [2.75, 3.05) is 18.5 Å². The lowest BCUT2D eigenvalue weighted by Gasteiger charge is -2.10. The highest BCUT2D eigenvalue weighted by Crippen LogP contribution is 2.31. The van der Waals surface area contributed by atoms with Gasteiger partial charge in [-0.2, -0.15) is 0 Å². The number of halogens is 1. The summed E-state index contributed by atoms with van der Waals surface area (Å²) in [6.45, 7) is 2.71. The highest BCUT2D eigenvalue weighted by atomic mass is 35.5. The van der Waals surface area contributed by atoms with Crippen molar-refractivity contribution in [3.8, 4) is 0 Å². The van der Waals surface area contributed by atoms with Crippen LogP contribution in [0.25, 0.3) is 0 Å². The van der Waals surface area contributed by atoms with E-state index < -0.39 is 4.92 Å². The van der Waals surface area contributed by atoms with Crippen LogP contribution in [0.5, 0.6) is 0 Å². The van der Waals surface area contributed by atoms with Crippen LogP contribution in [0, 0.1) is 16.0 Å². The molecule has 0 amide bonds. The Kier molecular flexibility index (Phi) is 5.88. The summed E-state index contributed by atoms with van der Waals surface area (Å²) in [6.07, 6.45) is 1.69. The fourth-order valence-electron chi connectivity index (χ4n) is 1.60. The average molecular weight is 273 g/mol. The van der Waals surface area contributed by atoms with Crippen molar-refractivity contribution in [1.29, 1.82) is 0 Å². The molecule has 0 aromatic heterocycles. The van der Waals surface area contributed by atoms with Gasteiger partial charge in [-0.25, -0.2) is 0 Å². The first-order valence-corrected chi connectivity index (χ1v) is 6.21. The second-order valence-electron chi connectivity index (χ2n) is 4.25. The molecule has 0 saturated carbocycles. The van der Waals surface area contributed by atoms with Crippen molar-refractivity contribution in [2.45, 2.75) is 19.8 Å². The molecule has 1 aromatic carbocycles. The molecule has 0 heterocycles. The van der Waals surface area contributed by atoms with E-state index in [-0.39, 0.29) is 18.2 Å². The number of hydrogen-bond donors (Lipinski definition) is 2. The van der Waals surface area contributed by atoms with Crippen LogP contribution in [0.1, 0.15) is 19.8 Å². The van der Waals surface area contributed by atoms with Gasteiger partial charge in [-0.15, -0.1) is 0 Å². The monoisotopic (exact) mass is 272 g/mol. The van der Waals surface area contributed by atoms with Crippen molar-refractivity contribution in [1.82, 2.24) is 0 Å². The lowest BCUT2D eigenvalue weighted by Crippen LogP contribution is -2.08. The van der Waals surface area contributed by atoms with Gasteiger partial charge in [0.1, 0.15) is 5.69 Å². The van der Waals surface area contributed by atoms with E-state index >= 15 is 0 Å². The molecule has 1 aromatic rings. The zero-order chi connectivity index (χ0) is 13.5. The molecule has 18 heavy (non-hydrogen) atoms. The summed E-state index contributed by atoms with van der Waals surface area (Å²) in [4.78, 5) is 10.4. The van der Waals surface area contributed by atoms with Crippen LogP contribution in [0.3, 0.4) is 0 Å². The lowest BCUT2D eigenvalue weighted by molar-refractivity contribution is -0.383. The van der Waals surface area contributed by atoms with Crippen LogP contribution in [0.4, 0.5) is 11.4 Å². The summed E-state index contributed by atoms with van der Waals surface area (Å²) in [7, 11) is 0. The third kappa shape index (κ3) is 4.16. The minimum Gasteiger partial charge on any atom is -0.396 e. The van der Waals surface area contributed by atoms with E-state index in [1.807, 2.05) is 6.92 Å². The fourth-order valence-corrected chi connectivity index (χ4v) is 1.83. The van der Waals surface area contributed by atoms with Gasteiger partial charge in [0.2, 0.25) is 0 Å². The van der Waals surface area contributed by atoms with Crippen molar-refractivity contribution in [3.05, 3.63) is 33.3 Å². The molecule has 6 heteroatoms. The first-order chi connectivity index (χ1) is 8.56. The maximum Gasteiger partial charge on any atom is 0.293 e. The van der Waals surface area contributed by atoms with Gasteiger partial charge in [0.05, 0.1) is 9.95 Å². The number of anilines is 1. The highest BCUT2D eigenvalue weighted by Gasteiger charge is 2.15. The van der Waals surface area contributed by atoms with E-state index in [4.69, 9.17) is 16.7 Å². The molecule has 0 aliphatic carbocycles. The Morgan fingerprint density at radius 1 is 1.56 bits per heavy atom. The quantitative estimate of drug-likeness (QED) is 0.454. The van der Waals surface area contributed by atoms with Crippen LogP contribution in [-0.4, -0.2) is 23.2 Å². The molecule has 1 rings (SSSR count). The summed E-state index contributed by atoms with van der Waals surface area (Å²) in [6, 6.07) is 4.59. The predicted molar refractivity (Wildman–Crippen MR) is 72.1 cm³/mol. The molecule has 1 unspecified atom stereocenters. The number of para-hydroxylation sites is 1. The first kappa shape index (κ1) is 14.7. The molecule has 0 spiro atoms. The van der Waals surface area contributed by atoms with Crippen LogP contribution in [-0.2, 0) is 0 Å². The number of aliphatic hydroxyl groups is 1. The maximum absolute atomic E-state index is 10.8. The standard InChI is InChI=1S/C12H17ClN2O3/c1-9(8-16)4-3-7-14-12-10(13)5-2-6-11(12)15(17)18/h2,5-6,9,14,16H,3-4,7-8H2,1H3. The third-order valence-electron chi connectivity index (χ3n) is 2.68. The van der Waals surface area contributed by atoms with Gasteiger partial charge >= 0.3 is 0 Å². The van der Waals surface area contributed by atoms with Gasteiger partial charge in [-0.1, -0.05) is 24.6 Å². The van der Waals surface area contributed by atoms with Gasteiger partial charge in [-0.05, 0) is 24.8 Å². The molecule has 0 saturated heterocycles. The van der Waals surface area contributed by atoms with Crippen LogP contribution in [0.15, 0.2) is 18.2 Å². The SMILES string of the molecule is CC(CO)CCCNc1c(Cl)cccc1[N+](=O)[O-]. The average Bonchev–Trinajstić information content (AvgIpc) is 2.35. The second kappa shape index (κ2) is 7.18. The lowest BCUT2D eigenvalue weighted by atomic mass is 10.1. The topological polar surface area (TPSA) is 75.4 Å². The van der Waals surface area contributed by atoms with E-state index in [1.165, 1.54) is 6.07 Å². The number of hydrogen-bond acceptors (Lipinski definition) is 4. The van der Waals surface area contributed by atoms with Gasteiger partial charge in [0, 0.05) is 19.2 Å². The Labute approximate surface area is 111 Å². The molecular formula is C12H17ClN2O3. The number of rotatable bonds is 7. The van der Waals surface area contributed by atoms with Crippen LogP contribution < -0.4 is 5.32 Å². The van der Waals surface area contributed by atoms with E-state index in [2.05, 4.69) is 5.32 Å². The summed E-state index contributed by atoms with van der Waals surface area (Å²) in [5, 5.41) is 23.1. The fraction of sp³-hybridized carbons (Fsp3) is 0.500. The normalized spacial score (nSPS) is 12.2. The van der Waals surface area contributed by atoms with Crippen molar-refractivity contribution < 1.29 is 10.0 Å². The minimum atomic E-state index is -0.454. The molecule has 0 fully saturated rings. The largest absolute Gasteiger partial charge is 0.396 e. The van der Waals surface area contributed by atoms with E-state index in [0.717, 1.165) is 12.8 Å². The number of benzene rings is 1. The van der Waals surface area contributed by atoms with Gasteiger partial charge in [0.25, 0.3) is 5.69 Å². The molecule has 1 atom stereocenters. The first-order valence-electron chi connectivity index (χ1n) is 5.84. The molecule has 5 nitrogen and oxygen atoms in total. The Bertz CT molecular complexity index is 412. The molecule has 0 bridgehead atoms. The molecule has 0 radical (unpaired) electrons. The smallest absolute Gasteiger partial charge is 0.293 e. The third-order valence-corrected chi connectivity index (χ3v) is 2.99. The van der Waals surface area contributed by atoms with Crippen LogP contribution in [0.2, 0.25) is 5.02 Å². The molecule has 2 N–H and O–H groups in total. The number of nitrogens with zero attached hydrogens (tertiary/aromatic N) is 1. The van der Waals surface area contributed by atoms with Crippen molar-refractivity contribution >= 4 is 23.0 Å². The predicted octanol–water partition coefficient (Wildman–Crippen LogP) is 3.07. The zero-order valence-corrected chi connectivity index (χ0v) is 11.0. The number of nitro benzene ring substituents is 1. The van der Waals surface area contributed by atoms with Crippen molar-refractivity contribution in [2.24, 2.45) is 5.92 Å². The Hall–Kier alpha value is -1.33. The summed E-state index contributed by atoms with van der Waals surface area (Å²) < 4.78 is 0. The molecule has 0 aliphatic heterocycles. The van der Waals surface area contributed by atoms with E-state index in [0.29, 0.717) is 17.3 Å². The van der Waals surface area contributed by atoms with Gasteiger partial charge in [-0.3, -0.25) is 10.1 Å². The number of aliphatic hydroxyl groups excluding tert-OH is 1. The summed E-state index contributed by atoms with van der Waals surface area (Å²) >= 11 is 5.94. The zero-order valence-electron chi connectivity index (χ0n) is 10.2. The second-order valence-corrected chi connectivity index (χ2v) is 4.66. The summed E-state index contributed by atoms with van der Waals surface area (Å²) in [5.74, 6) is 0.244. The van der Waals surface area contributed by atoms with E-state index in [1.54, 1.807) is 12.1 Å². The Morgan fingerprint density at radius 2 is 2.28 bits per heavy atom. The van der Waals surface area contributed by atoms with Gasteiger partial charge < -0.3 is 10.4 Å². The minimum absolute atomic E-state index is 0.0160.